The minimum atomic E-state index is 0.525. The Labute approximate surface area is 147 Å². The van der Waals surface area contributed by atoms with Gasteiger partial charge in [0.05, 0.1) is 0 Å². The largest absolute Gasteiger partial charge is 0.508 e. The molecule has 2 heteroatoms. The lowest BCUT2D eigenvalue weighted by molar-refractivity contribution is 0.218. The van der Waals surface area contributed by atoms with Gasteiger partial charge >= 0.3 is 0 Å². The number of phenols is 1. The highest BCUT2D eigenvalue weighted by molar-refractivity contribution is 5.44. The zero-order chi connectivity index (χ0) is 16.4. The molecule has 1 heterocycles. The Morgan fingerprint density at radius 3 is 2.75 bits per heavy atom. The van der Waals surface area contributed by atoms with Crippen molar-refractivity contribution in [1.29, 1.82) is 0 Å². The van der Waals surface area contributed by atoms with Crippen LogP contribution in [0, 0.1) is 5.92 Å². The van der Waals surface area contributed by atoms with Gasteiger partial charge in [-0.2, -0.15) is 0 Å². The Bertz CT molecular complexity index is 549. The summed E-state index contributed by atoms with van der Waals surface area (Å²) in [6.45, 7) is 2.55. The maximum atomic E-state index is 10.1. The second-order valence-corrected chi connectivity index (χ2v) is 8.38. The minimum absolute atomic E-state index is 0.525. The van der Waals surface area contributed by atoms with Crippen LogP contribution < -0.4 is 0 Å². The summed E-state index contributed by atoms with van der Waals surface area (Å²) >= 11 is 0. The van der Waals surface area contributed by atoms with Crippen molar-refractivity contribution in [2.24, 2.45) is 5.92 Å². The Morgan fingerprint density at radius 2 is 1.88 bits per heavy atom. The number of nitrogens with zero attached hydrogens (tertiary/aromatic N) is 1. The van der Waals surface area contributed by atoms with Crippen LogP contribution in [0.3, 0.4) is 0 Å². The third-order valence-corrected chi connectivity index (χ3v) is 6.97. The van der Waals surface area contributed by atoms with Crippen molar-refractivity contribution in [3.63, 3.8) is 0 Å². The molecule has 0 unspecified atom stereocenters. The van der Waals surface area contributed by atoms with Gasteiger partial charge in [0.25, 0.3) is 0 Å². The van der Waals surface area contributed by atoms with Crippen molar-refractivity contribution < 1.29 is 5.11 Å². The van der Waals surface area contributed by atoms with E-state index in [0.29, 0.717) is 11.7 Å². The molecule has 1 aliphatic heterocycles. The van der Waals surface area contributed by atoms with Crippen molar-refractivity contribution in [2.45, 2.75) is 82.6 Å². The molecule has 132 valence electrons. The number of hydrogen-bond donors (Lipinski definition) is 1. The van der Waals surface area contributed by atoms with Crippen LogP contribution in [0.1, 0.15) is 81.3 Å². The van der Waals surface area contributed by atoms with Gasteiger partial charge in [-0.1, -0.05) is 57.1 Å². The van der Waals surface area contributed by atoms with E-state index in [4.69, 9.17) is 0 Å². The van der Waals surface area contributed by atoms with E-state index in [2.05, 4.69) is 11.0 Å². The number of unbranched alkanes of at least 4 members (excludes halogenated alkanes) is 1. The number of phenolic OH excluding ortho intramolecular Hbond substituents is 1. The Balaban J connectivity index is 1.28. The molecule has 1 saturated carbocycles. The van der Waals surface area contributed by atoms with Crippen LogP contribution >= 0.6 is 0 Å². The summed E-state index contributed by atoms with van der Waals surface area (Å²) in [6.07, 6.45) is 15.3. The molecule has 4 rings (SSSR count). The molecule has 3 aliphatic rings. The third-order valence-electron chi connectivity index (χ3n) is 6.97. The topological polar surface area (TPSA) is 23.5 Å². The molecule has 0 radical (unpaired) electrons. The zero-order valence-corrected chi connectivity index (χ0v) is 15.1. The fourth-order valence-electron chi connectivity index (χ4n) is 5.67. The number of hydrogen-bond acceptors (Lipinski definition) is 2. The molecule has 2 atom stereocenters. The second-order valence-electron chi connectivity index (χ2n) is 8.38. The number of aromatic hydroxyl groups is 1. The maximum absolute atomic E-state index is 10.1. The molecule has 1 N–H and O–H groups in total. The molecule has 2 nitrogen and oxygen atoms in total. The lowest BCUT2D eigenvalue weighted by Crippen LogP contribution is -2.35. The summed E-state index contributed by atoms with van der Waals surface area (Å²) in [6, 6.07) is 6.88. The van der Waals surface area contributed by atoms with E-state index >= 15 is 0 Å². The van der Waals surface area contributed by atoms with Crippen LogP contribution in [0.25, 0.3) is 0 Å². The van der Waals surface area contributed by atoms with Gasteiger partial charge in [0, 0.05) is 12.0 Å². The number of rotatable bonds is 5. The molecule has 0 amide bonds. The van der Waals surface area contributed by atoms with Crippen molar-refractivity contribution >= 4 is 0 Å². The highest BCUT2D eigenvalue weighted by Gasteiger charge is 2.38. The van der Waals surface area contributed by atoms with Gasteiger partial charge < -0.3 is 5.11 Å². The van der Waals surface area contributed by atoms with E-state index in [1.54, 1.807) is 0 Å². The predicted octanol–water partition coefficient (Wildman–Crippen LogP) is 5.25. The van der Waals surface area contributed by atoms with E-state index in [-0.39, 0.29) is 0 Å². The van der Waals surface area contributed by atoms with Crippen LogP contribution in [0.15, 0.2) is 18.2 Å². The van der Waals surface area contributed by atoms with Crippen molar-refractivity contribution in [3.8, 4) is 5.75 Å². The average Bonchev–Trinajstić information content (AvgIpc) is 3.03. The van der Waals surface area contributed by atoms with Gasteiger partial charge in [0.15, 0.2) is 0 Å². The number of fused-ring (bicyclic) bond motifs is 3. The minimum Gasteiger partial charge on any atom is -0.508 e. The molecular formula is C22H33NO. The van der Waals surface area contributed by atoms with Crippen LogP contribution in [0.4, 0.5) is 0 Å². The van der Waals surface area contributed by atoms with Crippen LogP contribution in [-0.4, -0.2) is 29.1 Å². The molecule has 0 aromatic heterocycles. The number of benzene rings is 1. The molecule has 1 aromatic rings. The summed E-state index contributed by atoms with van der Waals surface area (Å²) in [4.78, 5) is 2.76. The molecule has 2 aliphatic carbocycles. The average molecular weight is 328 g/mol. The first-order chi connectivity index (χ1) is 11.8. The predicted molar refractivity (Wildman–Crippen MR) is 99.6 cm³/mol. The molecule has 0 bridgehead atoms. The highest BCUT2D eigenvalue weighted by atomic mass is 16.3. The first kappa shape index (κ1) is 16.4. The summed E-state index contributed by atoms with van der Waals surface area (Å²) in [7, 11) is 0. The van der Waals surface area contributed by atoms with Crippen molar-refractivity contribution in [1.82, 2.24) is 4.90 Å². The smallest absolute Gasteiger partial charge is 0.119 e. The molecule has 24 heavy (non-hydrogen) atoms. The first-order valence-corrected chi connectivity index (χ1v) is 10.4. The first-order valence-electron chi connectivity index (χ1n) is 10.4. The Kier molecular flexibility index (Phi) is 5.12. The highest BCUT2D eigenvalue weighted by Crippen LogP contribution is 2.43. The van der Waals surface area contributed by atoms with Gasteiger partial charge in [-0.05, 0) is 61.9 Å². The van der Waals surface area contributed by atoms with E-state index in [0.717, 1.165) is 18.4 Å². The standard InChI is InChI=1S/C22H33NO/c24-22-11-6-10-18-19-14-16-23(21(19)13-12-20(18)22)15-5-4-9-17-7-2-1-3-8-17/h6,10-11,17,19,21,24H,1-5,7-9,12-16H2/t19-,21+/m0/s1. The molecular weight excluding hydrogens is 294 g/mol. The normalized spacial score (nSPS) is 27.8. The van der Waals surface area contributed by atoms with Crippen molar-refractivity contribution in [3.05, 3.63) is 29.3 Å². The summed E-state index contributed by atoms with van der Waals surface area (Å²) in [5.41, 5.74) is 2.67. The van der Waals surface area contributed by atoms with Gasteiger partial charge in [-0.3, -0.25) is 4.90 Å². The SMILES string of the molecule is Oc1cccc2c1CC[C@@H]1[C@H]2CCN1CCCCC1CCCCC1. The second kappa shape index (κ2) is 7.47. The lowest BCUT2D eigenvalue weighted by Gasteiger charge is -2.33. The van der Waals surface area contributed by atoms with Gasteiger partial charge in [-0.15, -0.1) is 0 Å². The lowest BCUT2D eigenvalue weighted by atomic mass is 9.79. The van der Waals surface area contributed by atoms with Crippen LogP contribution in [-0.2, 0) is 6.42 Å². The number of likely N-dealkylation sites (tertiary alicyclic amines) is 1. The molecule has 1 aromatic carbocycles. The van der Waals surface area contributed by atoms with Crippen molar-refractivity contribution in [2.75, 3.05) is 13.1 Å². The summed E-state index contributed by atoms with van der Waals surface area (Å²) in [5, 5.41) is 10.1. The van der Waals surface area contributed by atoms with E-state index in [1.807, 2.05) is 12.1 Å². The molecule has 2 fully saturated rings. The van der Waals surface area contributed by atoms with Crippen LogP contribution in [0.2, 0.25) is 0 Å². The van der Waals surface area contributed by atoms with E-state index < -0.39 is 0 Å². The quantitative estimate of drug-likeness (QED) is 0.747. The van der Waals surface area contributed by atoms with E-state index in [9.17, 15) is 5.11 Å². The zero-order valence-electron chi connectivity index (χ0n) is 15.1. The van der Waals surface area contributed by atoms with Crippen LogP contribution in [0.5, 0.6) is 5.75 Å². The fraction of sp³-hybridized carbons (Fsp3) is 0.727. The summed E-state index contributed by atoms with van der Waals surface area (Å²) < 4.78 is 0. The van der Waals surface area contributed by atoms with E-state index in [1.165, 1.54) is 88.4 Å². The van der Waals surface area contributed by atoms with Gasteiger partial charge in [0.1, 0.15) is 5.75 Å². The molecule has 1 saturated heterocycles. The van der Waals surface area contributed by atoms with Gasteiger partial charge in [-0.25, -0.2) is 0 Å². The summed E-state index contributed by atoms with van der Waals surface area (Å²) in [5.74, 6) is 2.23. The fourth-order valence-corrected chi connectivity index (χ4v) is 5.67. The monoisotopic (exact) mass is 327 g/mol. The maximum Gasteiger partial charge on any atom is 0.119 e. The Morgan fingerprint density at radius 1 is 1.00 bits per heavy atom. The Hall–Kier alpha value is -1.02. The third kappa shape index (κ3) is 3.35. The van der Waals surface area contributed by atoms with Gasteiger partial charge in [0.2, 0.25) is 0 Å². The molecule has 0 spiro atoms.